The summed E-state index contributed by atoms with van der Waals surface area (Å²) in [4.78, 5) is 0.702. The largest absolute Gasteiger partial charge is 0.497 e. The number of rotatable bonds is 3. The van der Waals surface area contributed by atoms with Crippen LogP contribution in [0.2, 0.25) is 0 Å². The number of fused-ring (bicyclic) bond motifs is 1. The second kappa shape index (κ2) is 3.92. The summed E-state index contributed by atoms with van der Waals surface area (Å²) in [5.74, 6) is 0.546. The lowest BCUT2D eigenvalue weighted by Gasteiger charge is -2.04. The molecule has 1 aromatic rings. The van der Waals surface area contributed by atoms with Gasteiger partial charge >= 0.3 is 0 Å². The maximum Gasteiger partial charge on any atom is 0.203 e. The van der Waals surface area contributed by atoms with Crippen LogP contribution in [0.4, 0.5) is 0 Å². The van der Waals surface area contributed by atoms with E-state index in [0.29, 0.717) is 34.1 Å². The number of benzene rings is 1. The monoisotopic (exact) mass is 239 g/mol. The highest BCUT2D eigenvalue weighted by Crippen LogP contribution is 2.36. The van der Waals surface area contributed by atoms with Crippen LogP contribution < -0.4 is 10.5 Å². The standard InChI is InChI=1S/C11H13NO3S/c1-15-9-3-2-8-6-10(4-5-12)16(13,14)11(8)7-9/h2-3,6-7H,4-5,12H2,1H3. The maximum atomic E-state index is 12.1. The smallest absolute Gasteiger partial charge is 0.203 e. The fourth-order valence-corrected chi connectivity index (χ4v) is 3.39. The van der Waals surface area contributed by atoms with Crippen molar-refractivity contribution in [3.8, 4) is 5.75 Å². The van der Waals surface area contributed by atoms with E-state index in [-0.39, 0.29) is 0 Å². The Bertz CT molecular complexity index is 546. The first-order valence-corrected chi connectivity index (χ1v) is 6.41. The summed E-state index contributed by atoms with van der Waals surface area (Å²) in [5.41, 5.74) is 6.10. The van der Waals surface area contributed by atoms with Crippen LogP contribution in [0.5, 0.6) is 5.75 Å². The quantitative estimate of drug-likeness (QED) is 0.859. The highest BCUT2D eigenvalue weighted by Gasteiger charge is 2.29. The molecule has 0 atom stereocenters. The molecule has 2 N–H and O–H groups in total. The van der Waals surface area contributed by atoms with Crippen molar-refractivity contribution in [1.29, 1.82) is 0 Å². The molecule has 0 saturated heterocycles. The van der Waals surface area contributed by atoms with Gasteiger partial charge in [0.2, 0.25) is 9.84 Å². The second-order valence-electron chi connectivity index (χ2n) is 3.56. The SMILES string of the molecule is COc1ccc2c(c1)S(=O)(=O)C(CCN)=C2. The Morgan fingerprint density at radius 3 is 2.75 bits per heavy atom. The normalized spacial score (nSPS) is 16.8. The number of ether oxygens (including phenoxy) is 1. The number of hydrogen-bond acceptors (Lipinski definition) is 4. The molecule has 1 aliphatic heterocycles. The molecule has 0 saturated carbocycles. The predicted octanol–water partition coefficient (Wildman–Crippen LogP) is 1.17. The fourth-order valence-electron chi connectivity index (χ4n) is 1.73. The van der Waals surface area contributed by atoms with Crippen LogP contribution in [-0.2, 0) is 9.84 Å². The zero-order valence-electron chi connectivity index (χ0n) is 8.93. The van der Waals surface area contributed by atoms with Gasteiger partial charge in [0, 0.05) is 0 Å². The Morgan fingerprint density at radius 2 is 2.12 bits per heavy atom. The number of methoxy groups -OCH3 is 1. The van der Waals surface area contributed by atoms with Crippen molar-refractivity contribution < 1.29 is 13.2 Å². The molecule has 5 heteroatoms. The van der Waals surface area contributed by atoms with Gasteiger partial charge in [-0.3, -0.25) is 0 Å². The molecule has 0 amide bonds. The van der Waals surface area contributed by atoms with Crippen LogP contribution in [0.25, 0.3) is 6.08 Å². The van der Waals surface area contributed by atoms with Crippen molar-refractivity contribution in [3.63, 3.8) is 0 Å². The summed E-state index contributed by atoms with van der Waals surface area (Å²) < 4.78 is 29.1. The molecule has 0 spiro atoms. The van der Waals surface area contributed by atoms with Crippen LogP contribution >= 0.6 is 0 Å². The van der Waals surface area contributed by atoms with Gasteiger partial charge < -0.3 is 10.5 Å². The van der Waals surface area contributed by atoms with E-state index in [1.165, 1.54) is 7.11 Å². The van der Waals surface area contributed by atoms with Crippen molar-refractivity contribution in [3.05, 3.63) is 28.7 Å². The average molecular weight is 239 g/mol. The Morgan fingerprint density at radius 1 is 1.38 bits per heavy atom. The third-order valence-electron chi connectivity index (χ3n) is 2.56. The molecule has 0 unspecified atom stereocenters. The van der Waals surface area contributed by atoms with Gasteiger partial charge in [0.15, 0.2) is 0 Å². The summed E-state index contributed by atoms with van der Waals surface area (Å²) in [6.07, 6.45) is 2.05. The fraction of sp³-hybridized carbons (Fsp3) is 0.273. The Kier molecular flexibility index (Phi) is 2.73. The number of nitrogens with two attached hydrogens (primary N) is 1. The van der Waals surface area contributed by atoms with Gasteiger partial charge in [-0.15, -0.1) is 0 Å². The number of hydrogen-bond donors (Lipinski definition) is 1. The molecule has 1 aliphatic rings. The van der Waals surface area contributed by atoms with E-state index in [4.69, 9.17) is 10.5 Å². The number of sulfone groups is 1. The molecular formula is C11H13NO3S. The molecule has 0 aliphatic carbocycles. The first kappa shape index (κ1) is 11.2. The van der Waals surface area contributed by atoms with Gasteiger partial charge in [-0.25, -0.2) is 8.42 Å². The lowest BCUT2D eigenvalue weighted by molar-refractivity contribution is 0.413. The topological polar surface area (TPSA) is 69.4 Å². The third-order valence-corrected chi connectivity index (χ3v) is 4.51. The molecule has 2 rings (SSSR count). The van der Waals surface area contributed by atoms with Gasteiger partial charge in [0.25, 0.3) is 0 Å². The van der Waals surface area contributed by atoms with Crippen LogP contribution in [0.1, 0.15) is 12.0 Å². The van der Waals surface area contributed by atoms with Gasteiger partial charge in [0.05, 0.1) is 16.9 Å². The Labute approximate surface area is 94.6 Å². The highest BCUT2D eigenvalue weighted by atomic mass is 32.2. The van der Waals surface area contributed by atoms with E-state index in [0.717, 1.165) is 0 Å². The average Bonchev–Trinajstić information content (AvgIpc) is 2.51. The summed E-state index contributed by atoms with van der Waals surface area (Å²) in [7, 11) is -1.83. The van der Waals surface area contributed by atoms with Crippen LogP contribution in [0.3, 0.4) is 0 Å². The summed E-state index contributed by atoms with van der Waals surface area (Å²) in [5, 5.41) is 0. The van der Waals surface area contributed by atoms with E-state index in [2.05, 4.69) is 0 Å². The Hall–Kier alpha value is -1.33. The minimum atomic E-state index is -3.34. The van der Waals surface area contributed by atoms with Crippen molar-refractivity contribution in [2.75, 3.05) is 13.7 Å². The van der Waals surface area contributed by atoms with Crippen LogP contribution in [-0.4, -0.2) is 22.1 Å². The van der Waals surface area contributed by atoms with Gasteiger partial charge in [0.1, 0.15) is 5.75 Å². The van der Waals surface area contributed by atoms with E-state index >= 15 is 0 Å². The first-order valence-electron chi connectivity index (χ1n) is 4.93. The second-order valence-corrected chi connectivity index (χ2v) is 5.53. The van der Waals surface area contributed by atoms with Crippen molar-refractivity contribution in [2.24, 2.45) is 5.73 Å². The molecule has 0 radical (unpaired) electrons. The maximum absolute atomic E-state index is 12.1. The van der Waals surface area contributed by atoms with Crippen molar-refractivity contribution in [2.45, 2.75) is 11.3 Å². The predicted molar refractivity (Wildman–Crippen MR) is 61.8 cm³/mol. The first-order chi connectivity index (χ1) is 7.59. The van der Waals surface area contributed by atoms with Crippen molar-refractivity contribution >= 4 is 15.9 Å². The highest BCUT2D eigenvalue weighted by molar-refractivity contribution is 7.95. The molecule has 0 aromatic heterocycles. The molecule has 0 fully saturated rings. The summed E-state index contributed by atoms with van der Waals surface area (Å²) in [6, 6.07) is 5.04. The lowest BCUT2D eigenvalue weighted by atomic mass is 10.2. The van der Waals surface area contributed by atoms with Crippen LogP contribution in [0, 0.1) is 0 Å². The zero-order chi connectivity index (χ0) is 11.8. The molecule has 16 heavy (non-hydrogen) atoms. The summed E-state index contributed by atoms with van der Waals surface area (Å²) in [6.45, 7) is 0.330. The molecule has 86 valence electrons. The molecule has 4 nitrogen and oxygen atoms in total. The minimum absolute atomic E-state index is 0.315. The van der Waals surface area contributed by atoms with Crippen LogP contribution in [0.15, 0.2) is 28.0 Å². The molecular weight excluding hydrogens is 226 g/mol. The summed E-state index contributed by atoms with van der Waals surface area (Å²) >= 11 is 0. The van der Waals surface area contributed by atoms with Gasteiger partial charge in [-0.05, 0) is 42.8 Å². The van der Waals surface area contributed by atoms with E-state index in [1.807, 2.05) is 0 Å². The van der Waals surface area contributed by atoms with Gasteiger partial charge in [-0.1, -0.05) is 0 Å². The van der Waals surface area contributed by atoms with E-state index < -0.39 is 9.84 Å². The van der Waals surface area contributed by atoms with Crippen molar-refractivity contribution in [1.82, 2.24) is 0 Å². The zero-order valence-corrected chi connectivity index (χ0v) is 9.75. The Balaban J connectivity index is 2.53. The molecule has 0 bridgehead atoms. The van der Waals surface area contributed by atoms with E-state index in [9.17, 15) is 8.42 Å². The molecule has 1 aromatic carbocycles. The molecule has 1 heterocycles. The van der Waals surface area contributed by atoms with Gasteiger partial charge in [-0.2, -0.15) is 0 Å². The minimum Gasteiger partial charge on any atom is -0.497 e. The lowest BCUT2D eigenvalue weighted by Crippen LogP contribution is -2.06. The van der Waals surface area contributed by atoms with E-state index in [1.54, 1.807) is 24.3 Å². The third kappa shape index (κ3) is 1.62.